The Hall–Kier alpha value is -1.06. The zero-order chi connectivity index (χ0) is 12.8. The summed E-state index contributed by atoms with van der Waals surface area (Å²) in [5.41, 5.74) is 0.132. The second-order valence-corrected chi connectivity index (χ2v) is 5.12. The number of benzene rings is 1. The average Bonchev–Trinajstić information content (AvgIpc) is 2.71. The predicted molar refractivity (Wildman–Crippen MR) is 73.0 cm³/mol. The number of hydrogen-bond acceptors (Lipinski definition) is 3. The molecule has 0 spiro atoms. The highest BCUT2D eigenvalue weighted by atomic mass is 16.5. The molecule has 1 saturated heterocycles. The molecule has 1 aromatic carbocycles. The molecular weight excluding hydrogens is 226 g/mol. The maximum atomic E-state index is 5.66. The number of para-hydroxylation sites is 1. The molecule has 1 aliphatic rings. The van der Waals surface area contributed by atoms with Crippen LogP contribution in [0.25, 0.3) is 0 Å². The summed E-state index contributed by atoms with van der Waals surface area (Å²) in [5.74, 6) is 0.946. The van der Waals surface area contributed by atoms with Crippen LogP contribution in [0.1, 0.15) is 26.7 Å². The molecule has 2 atom stereocenters. The average molecular weight is 249 g/mol. The third-order valence-electron chi connectivity index (χ3n) is 3.75. The first kappa shape index (κ1) is 13.4. The van der Waals surface area contributed by atoms with Crippen molar-refractivity contribution in [2.75, 3.05) is 19.8 Å². The third kappa shape index (κ3) is 3.47. The van der Waals surface area contributed by atoms with E-state index in [0.29, 0.717) is 6.10 Å². The van der Waals surface area contributed by atoms with Crippen LogP contribution in [0.2, 0.25) is 0 Å². The van der Waals surface area contributed by atoms with Gasteiger partial charge in [0.05, 0.1) is 12.7 Å². The van der Waals surface area contributed by atoms with Crippen LogP contribution >= 0.6 is 0 Å². The van der Waals surface area contributed by atoms with E-state index in [1.807, 2.05) is 30.3 Å². The van der Waals surface area contributed by atoms with E-state index in [1.54, 1.807) is 0 Å². The molecule has 1 aliphatic heterocycles. The molecule has 1 N–H and O–H groups in total. The van der Waals surface area contributed by atoms with Gasteiger partial charge in [-0.2, -0.15) is 0 Å². The second kappa shape index (κ2) is 6.21. The molecule has 0 aliphatic carbocycles. The maximum Gasteiger partial charge on any atom is 0.119 e. The highest BCUT2D eigenvalue weighted by Gasteiger charge is 2.35. The lowest BCUT2D eigenvalue weighted by molar-refractivity contribution is 0.0882. The second-order valence-electron chi connectivity index (χ2n) is 5.12. The molecule has 2 rings (SSSR count). The van der Waals surface area contributed by atoms with Crippen molar-refractivity contribution < 1.29 is 9.47 Å². The SMILES string of the molecule is CC1OCCC1(C)NCCCOc1ccccc1. The molecule has 1 fully saturated rings. The molecule has 0 radical (unpaired) electrons. The highest BCUT2D eigenvalue weighted by Crippen LogP contribution is 2.24. The van der Waals surface area contributed by atoms with Crippen LogP contribution in [-0.2, 0) is 4.74 Å². The Bertz CT molecular complexity index is 355. The minimum Gasteiger partial charge on any atom is -0.494 e. The Morgan fingerprint density at radius 1 is 1.39 bits per heavy atom. The molecule has 100 valence electrons. The van der Waals surface area contributed by atoms with Crippen molar-refractivity contribution in [3.63, 3.8) is 0 Å². The Morgan fingerprint density at radius 3 is 2.83 bits per heavy atom. The van der Waals surface area contributed by atoms with Gasteiger partial charge in [0.15, 0.2) is 0 Å². The van der Waals surface area contributed by atoms with Gasteiger partial charge < -0.3 is 14.8 Å². The van der Waals surface area contributed by atoms with Gasteiger partial charge >= 0.3 is 0 Å². The maximum absolute atomic E-state index is 5.66. The molecule has 3 heteroatoms. The zero-order valence-electron chi connectivity index (χ0n) is 11.3. The van der Waals surface area contributed by atoms with E-state index in [2.05, 4.69) is 19.2 Å². The van der Waals surface area contributed by atoms with E-state index in [9.17, 15) is 0 Å². The van der Waals surface area contributed by atoms with Gasteiger partial charge in [-0.3, -0.25) is 0 Å². The molecular formula is C15H23NO2. The summed E-state index contributed by atoms with van der Waals surface area (Å²) < 4.78 is 11.3. The van der Waals surface area contributed by atoms with E-state index in [4.69, 9.17) is 9.47 Å². The predicted octanol–water partition coefficient (Wildman–Crippen LogP) is 2.61. The van der Waals surface area contributed by atoms with Crippen molar-refractivity contribution in [1.82, 2.24) is 5.32 Å². The van der Waals surface area contributed by atoms with Crippen LogP contribution in [0.5, 0.6) is 5.75 Å². The van der Waals surface area contributed by atoms with Crippen LogP contribution < -0.4 is 10.1 Å². The molecule has 0 saturated carbocycles. The van der Waals surface area contributed by atoms with E-state index < -0.39 is 0 Å². The zero-order valence-corrected chi connectivity index (χ0v) is 11.3. The fourth-order valence-corrected chi connectivity index (χ4v) is 2.22. The van der Waals surface area contributed by atoms with E-state index in [-0.39, 0.29) is 5.54 Å². The van der Waals surface area contributed by atoms with Crippen LogP contribution in [0.15, 0.2) is 30.3 Å². The Balaban J connectivity index is 1.62. The van der Waals surface area contributed by atoms with Crippen LogP contribution in [0.4, 0.5) is 0 Å². The molecule has 1 heterocycles. The first-order valence-electron chi connectivity index (χ1n) is 6.75. The normalized spacial score (nSPS) is 27.3. The highest BCUT2D eigenvalue weighted by molar-refractivity contribution is 5.20. The van der Waals surface area contributed by atoms with Crippen molar-refractivity contribution in [1.29, 1.82) is 0 Å². The summed E-state index contributed by atoms with van der Waals surface area (Å²) >= 11 is 0. The van der Waals surface area contributed by atoms with E-state index >= 15 is 0 Å². The lowest BCUT2D eigenvalue weighted by Crippen LogP contribution is -2.48. The summed E-state index contributed by atoms with van der Waals surface area (Å²) in [6.07, 6.45) is 2.40. The number of ether oxygens (including phenoxy) is 2. The van der Waals surface area contributed by atoms with Gasteiger partial charge in [0.2, 0.25) is 0 Å². The topological polar surface area (TPSA) is 30.5 Å². The van der Waals surface area contributed by atoms with Gasteiger partial charge in [0, 0.05) is 12.1 Å². The molecule has 0 amide bonds. The molecule has 1 aromatic rings. The smallest absolute Gasteiger partial charge is 0.119 e. The monoisotopic (exact) mass is 249 g/mol. The number of nitrogens with one attached hydrogen (secondary N) is 1. The van der Waals surface area contributed by atoms with E-state index in [1.165, 1.54) is 0 Å². The molecule has 3 nitrogen and oxygen atoms in total. The summed E-state index contributed by atoms with van der Waals surface area (Å²) in [5, 5.41) is 3.59. The van der Waals surface area contributed by atoms with Crippen LogP contribution in [-0.4, -0.2) is 31.4 Å². The quantitative estimate of drug-likeness (QED) is 0.786. The lowest BCUT2D eigenvalue weighted by atomic mass is 9.95. The molecule has 2 unspecified atom stereocenters. The first-order valence-corrected chi connectivity index (χ1v) is 6.75. The summed E-state index contributed by atoms with van der Waals surface area (Å²) in [6, 6.07) is 9.96. The van der Waals surface area contributed by atoms with Crippen molar-refractivity contribution in [3.8, 4) is 5.75 Å². The molecule has 0 bridgehead atoms. The van der Waals surface area contributed by atoms with Crippen molar-refractivity contribution >= 4 is 0 Å². The van der Waals surface area contributed by atoms with E-state index in [0.717, 1.165) is 38.3 Å². The van der Waals surface area contributed by atoms with Crippen molar-refractivity contribution in [2.45, 2.75) is 38.3 Å². The Labute approximate surface area is 109 Å². The lowest BCUT2D eigenvalue weighted by Gasteiger charge is -2.29. The van der Waals surface area contributed by atoms with Crippen molar-refractivity contribution in [2.24, 2.45) is 0 Å². The first-order chi connectivity index (χ1) is 8.71. The fraction of sp³-hybridized carbons (Fsp3) is 0.600. The summed E-state index contributed by atoms with van der Waals surface area (Å²) in [6.45, 7) is 6.97. The van der Waals surface area contributed by atoms with Gasteiger partial charge in [-0.1, -0.05) is 18.2 Å². The summed E-state index contributed by atoms with van der Waals surface area (Å²) in [7, 11) is 0. The van der Waals surface area contributed by atoms with Gasteiger partial charge in [-0.15, -0.1) is 0 Å². The third-order valence-corrected chi connectivity index (χ3v) is 3.75. The standard InChI is InChI=1S/C15H23NO2/c1-13-15(2,9-12-17-13)16-10-6-11-18-14-7-4-3-5-8-14/h3-5,7-8,13,16H,6,9-12H2,1-2H3. The largest absolute Gasteiger partial charge is 0.494 e. The minimum absolute atomic E-state index is 0.132. The molecule has 18 heavy (non-hydrogen) atoms. The van der Waals surface area contributed by atoms with Gasteiger partial charge in [0.1, 0.15) is 5.75 Å². The Kier molecular flexibility index (Phi) is 4.61. The van der Waals surface area contributed by atoms with Gasteiger partial charge in [-0.25, -0.2) is 0 Å². The molecule has 0 aromatic heterocycles. The van der Waals surface area contributed by atoms with Crippen LogP contribution in [0, 0.1) is 0 Å². The van der Waals surface area contributed by atoms with Gasteiger partial charge in [0.25, 0.3) is 0 Å². The Morgan fingerprint density at radius 2 is 2.17 bits per heavy atom. The van der Waals surface area contributed by atoms with Crippen molar-refractivity contribution in [3.05, 3.63) is 30.3 Å². The minimum atomic E-state index is 0.132. The number of rotatable bonds is 6. The summed E-state index contributed by atoms with van der Waals surface area (Å²) in [4.78, 5) is 0. The van der Waals surface area contributed by atoms with Crippen LogP contribution in [0.3, 0.4) is 0 Å². The number of hydrogen-bond donors (Lipinski definition) is 1. The van der Waals surface area contributed by atoms with Gasteiger partial charge in [-0.05, 0) is 45.4 Å². The fourth-order valence-electron chi connectivity index (χ4n) is 2.22.